The Morgan fingerprint density at radius 1 is 0.947 bits per heavy atom. The van der Waals surface area contributed by atoms with Gasteiger partial charge in [0.15, 0.2) is 5.82 Å². The van der Waals surface area contributed by atoms with E-state index in [0.29, 0.717) is 35.0 Å². The summed E-state index contributed by atoms with van der Waals surface area (Å²) < 4.78 is 81.9. The molecule has 0 unspecified atom stereocenters. The minimum atomic E-state index is -4.30. The maximum Gasteiger partial charge on any atom is 0.392 e. The van der Waals surface area contributed by atoms with E-state index in [1.807, 2.05) is 0 Å². The van der Waals surface area contributed by atoms with Crippen molar-refractivity contribution < 1.29 is 31.1 Å². The topological polar surface area (TPSA) is 77.6 Å². The molecule has 4 heterocycles. The third-order valence-corrected chi connectivity index (χ3v) is 7.26. The summed E-state index contributed by atoms with van der Waals surface area (Å²) in [5, 5.41) is 7.17. The quantitative estimate of drug-likeness (QED) is 0.468. The Hall–Kier alpha value is -3.38. The van der Waals surface area contributed by atoms with Gasteiger partial charge in [0.2, 0.25) is 0 Å². The molecule has 2 aliphatic rings. The van der Waals surface area contributed by atoms with Crippen LogP contribution in [0.3, 0.4) is 0 Å². The lowest BCUT2D eigenvalue weighted by Crippen LogP contribution is -2.33. The number of hydrogen-bond acceptors (Lipinski definition) is 4. The Morgan fingerprint density at radius 2 is 1.58 bits per heavy atom. The van der Waals surface area contributed by atoms with E-state index in [1.54, 1.807) is 35.8 Å². The van der Waals surface area contributed by atoms with E-state index in [4.69, 9.17) is 0 Å². The summed E-state index contributed by atoms with van der Waals surface area (Å²) in [4.78, 5) is 21.6. The number of benzene rings is 1. The molecular weight excluding hydrogens is 514 g/mol. The molecule has 13 heteroatoms. The van der Waals surface area contributed by atoms with E-state index in [9.17, 15) is 31.1 Å². The molecule has 0 fully saturated rings. The summed E-state index contributed by atoms with van der Waals surface area (Å²) in [6.45, 7) is 2.21. The van der Waals surface area contributed by atoms with Crippen molar-refractivity contribution in [3.63, 3.8) is 0 Å². The van der Waals surface area contributed by atoms with Crippen LogP contribution in [0.4, 0.5) is 26.3 Å². The molecule has 5 rings (SSSR count). The summed E-state index contributed by atoms with van der Waals surface area (Å²) in [5.41, 5.74) is 2.17. The summed E-state index contributed by atoms with van der Waals surface area (Å²) in [7, 11) is 0. The second-order valence-corrected chi connectivity index (χ2v) is 9.75. The van der Waals surface area contributed by atoms with E-state index < -0.39 is 30.1 Å². The van der Waals surface area contributed by atoms with Crippen LogP contribution in [-0.4, -0.2) is 42.6 Å². The number of nitrogens with one attached hydrogen (secondary N) is 1. The largest absolute Gasteiger partial charge is 0.392 e. The molecule has 38 heavy (non-hydrogen) atoms. The average Bonchev–Trinajstić information content (AvgIpc) is 3.47. The van der Waals surface area contributed by atoms with Gasteiger partial charge in [0.25, 0.3) is 5.91 Å². The number of amides is 1. The summed E-state index contributed by atoms with van der Waals surface area (Å²) in [6, 6.07) is 6.99. The van der Waals surface area contributed by atoms with Crippen LogP contribution in [0.25, 0.3) is 11.4 Å². The molecule has 0 saturated carbocycles. The lowest BCUT2D eigenvalue weighted by molar-refractivity contribution is -0.180. The molecule has 0 spiro atoms. The van der Waals surface area contributed by atoms with Gasteiger partial charge in [-0.15, -0.1) is 0 Å². The highest BCUT2D eigenvalue weighted by molar-refractivity contribution is 5.94. The first kappa shape index (κ1) is 26.2. The van der Waals surface area contributed by atoms with Crippen LogP contribution in [0, 0.1) is 11.8 Å². The van der Waals surface area contributed by atoms with Crippen LogP contribution in [0.1, 0.15) is 53.2 Å². The minimum absolute atomic E-state index is 0.0268. The number of carbonyl (C=O) groups is 1. The van der Waals surface area contributed by atoms with Crippen LogP contribution in [-0.2, 0) is 38.9 Å². The highest BCUT2D eigenvalue weighted by Crippen LogP contribution is 2.36. The van der Waals surface area contributed by atoms with Gasteiger partial charge >= 0.3 is 12.4 Å². The number of aromatic nitrogens is 5. The molecule has 7 nitrogen and oxygen atoms in total. The normalized spacial score (nSPS) is 19.7. The maximum absolute atomic E-state index is 13.2. The van der Waals surface area contributed by atoms with Crippen molar-refractivity contribution in [2.75, 3.05) is 0 Å². The van der Waals surface area contributed by atoms with E-state index >= 15 is 0 Å². The van der Waals surface area contributed by atoms with E-state index in [2.05, 4.69) is 20.4 Å². The van der Waals surface area contributed by atoms with Crippen molar-refractivity contribution in [3.8, 4) is 11.4 Å². The third kappa shape index (κ3) is 5.14. The molecule has 1 N–H and O–H groups in total. The molecule has 3 aromatic rings. The molecule has 0 saturated heterocycles. The van der Waals surface area contributed by atoms with E-state index in [1.165, 1.54) is 4.68 Å². The van der Waals surface area contributed by atoms with Gasteiger partial charge in [-0.05, 0) is 24.8 Å². The molecule has 0 radical (unpaired) electrons. The zero-order chi connectivity index (χ0) is 27.2. The zero-order valence-electron chi connectivity index (χ0n) is 20.5. The molecule has 2 atom stereocenters. The average molecular weight is 541 g/mol. The predicted octanol–water partition coefficient (Wildman–Crippen LogP) is 4.88. The van der Waals surface area contributed by atoms with Gasteiger partial charge in [-0.1, -0.05) is 31.2 Å². The highest BCUT2D eigenvalue weighted by atomic mass is 19.4. The highest BCUT2D eigenvalue weighted by Gasteiger charge is 2.43. The molecular formula is C25H26F6N6O. The molecule has 1 aromatic carbocycles. The van der Waals surface area contributed by atoms with Crippen molar-refractivity contribution in [2.24, 2.45) is 11.8 Å². The van der Waals surface area contributed by atoms with Gasteiger partial charge in [-0.2, -0.15) is 31.4 Å². The molecule has 1 amide bonds. The second-order valence-electron chi connectivity index (χ2n) is 9.75. The van der Waals surface area contributed by atoms with Crippen molar-refractivity contribution in [2.45, 2.75) is 71.0 Å². The van der Waals surface area contributed by atoms with Gasteiger partial charge < -0.3 is 9.88 Å². The van der Waals surface area contributed by atoms with Gasteiger partial charge in [0.05, 0.1) is 17.5 Å². The summed E-state index contributed by atoms with van der Waals surface area (Å²) in [5.74, 6) is -2.35. The minimum Gasteiger partial charge on any atom is -0.347 e. The van der Waals surface area contributed by atoms with Gasteiger partial charge in [0, 0.05) is 38.0 Å². The molecule has 2 aliphatic heterocycles. The van der Waals surface area contributed by atoms with Crippen molar-refractivity contribution in [3.05, 3.63) is 52.9 Å². The van der Waals surface area contributed by atoms with Crippen molar-refractivity contribution >= 4 is 5.91 Å². The fourth-order valence-electron chi connectivity index (χ4n) is 5.08. The Bertz CT molecular complexity index is 1320. The van der Waals surface area contributed by atoms with Crippen LogP contribution >= 0.6 is 0 Å². The Balaban J connectivity index is 1.25. The van der Waals surface area contributed by atoms with E-state index in [-0.39, 0.29) is 51.1 Å². The van der Waals surface area contributed by atoms with Crippen LogP contribution in [0.2, 0.25) is 0 Å². The number of aryl methyl sites for hydroxylation is 2. The fraction of sp³-hybridized carbons (Fsp3) is 0.520. The monoisotopic (exact) mass is 540 g/mol. The SMILES string of the molecule is CCc1nc2n(c1C(=O)NCc1ccc(-c3nc4n(n3)CC[C@H](C(F)(F)F)C4)cc1)CC[C@@H](C(F)(F)F)C2. The zero-order valence-corrected chi connectivity index (χ0v) is 20.5. The first-order chi connectivity index (χ1) is 17.9. The standard InChI is InChI=1S/C25H26F6N6O/c1-2-18-21(36-9-7-16(24(26,27)28)11-19(36)33-18)23(38)32-13-14-3-5-15(6-4-14)22-34-20-12-17(25(29,30)31)8-10-37(20)35-22/h3-6,16-17H,2,7-13H2,1H3,(H,32,38)/t16-,17+/m1/s1. The number of nitrogens with zero attached hydrogens (tertiary/aromatic N) is 5. The second kappa shape index (κ2) is 9.73. The van der Waals surface area contributed by atoms with Crippen molar-refractivity contribution in [1.29, 1.82) is 0 Å². The van der Waals surface area contributed by atoms with Gasteiger partial charge in [-0.3, -0.25) is 4.79 Å². The van der Waals surface area contributed by atoms with E-state index in [0.717, 1.165) is 5.56 Å². The number of fused-ring (bicyclic) bond motifs is 2. The Morgan fingerprint density at radius 3 is 2.21 bits per heavy atom. The predicted molar refractivity (Wildman–Crippen MR) is 124 cm³/mol. The van der Waals surface area contributed by atoms with Gasteiger partial charge in [0.1, 0.15) is 17.3 Å². The van der Waals surface area contributed by atoms with Crippen LogP contribution < -0.4 is 5.32 Å². The number of carbonyl (C=O) groups excluding carboxylic acids is 1. The molecule has 0 aliphatic carbocycles. The number of rotatable bonds is 5. The lowest BCUT2D eigenvalue weighted by atomic mass is 9.97. The number of imidazole rings is 1. The molecule has 0 bridgehead atoms. The lowest BCUT2D eigenvalue weighted by Gasteiger charge is -2.26. The first-order valence-corrected chi connectivity index (χ1v) is 12.5. The van der Waals surface area contributed by atoms with Gasteiger partial charge in [-0.25, -0.2) is 14.6 Å². The Labute approximate surface area is 214 Å². The number of alkyl halides is 6. The molecule has 204 valence electrons. The Kier molecular flexibility index (Phi) is 6.72. The third-order valence-electron chi connectivity index (χ3n) is 7.26. The van der Waals surface area contributed by atoms with Crippen LogP contribution in [0.5, 0.6) is 0 Å². The first-order valence-electron chi connectivity index (χ1n) is 12.5. The smallest absolute Gasteiger partial charge is 0.347 e. The summed E-state index contributed by atoms with van der Waals surface area (Å²) >= 11 is 0. The summed E-state index contributed by atoms with van der Waals surface area (Å²) in [6.07, 6.45) is -8.71. The molecule has 2 aromatic heterocycles. The van der Waals surface area contributed by atoms with Crippen molar-refractivity contribution in [1.82, 2.24) is 29.6 Å². The van der Waals surface area contributed by atoms with Crippen LogP contribution in [0.15, 0.2) is 24.3 Å². The number of hydrogen-bond donors (Lipinski definition) is 1. The number of halogens is 6. The fourth-order valence-corrected chi connectivity index (χ4v) is 5.08. The maximum atomic E-state index is 13.2.